The number of hydrogen-bond acceptors (Lipinski definition) is 5. The average molecular weight is 313 g/mol. The lowest BCUT2D eigenvalue weighted by molar-refractivity contribution is -0.120. The van der Waals surface area contributed by atoms with Gasteiger partial charge in [-0.2, -0.15) is 0 Å². The van der Waals surface area contributed by atoms with Gasteiger partial charge in [0.2, 0.25) is 5.91 Å². The number of carbonyl (C=O) groups excluding carboxylic acids is 1. The summed E-state index contributed by atoms with van der Waals surface area (Å²) in [5.41, 5.74) is 7.96. The number of nitrogens with one attached hydrogen (secondary N) is 2. The first-order valence-corrected chi connectivity index (χ1v) is 7.93. The molecule has 23 heavy (non-hydrogen) atoms. The maximum atomic E-state index is 11.4. The van der Waals surface area contributed by atoms with E-state index in [1.165, 1.54) is 0 Å². The van der Waals surface area contributed by atoms with Crippen molar-refractivity contribution in [3.05, 3.63) is 24.3 Å². The quantitative estimate of drug-likeness (QED) is 0.659. The summed E-state index contributed by atoms with van der Waals surface area (Å²) >= 11 is 0. The van der Waals surface area contributed by atoms with Gasteiger partial charge in [0.1, 0.15) is 5.82 Å². The van der Waals surface area contributed by atoms with Crippen LogP contribution in [0.15, 0.2) is 18.5 Å². The van der Waals surface area contributed by atoms with Crippen LogP contribution in [0.1, 0.15) is 37.4 Å². The Morgan fingerprint density at radius 2 is 2.17 bits per heavy atom. The standard InChI is InChI=1S/C15H19N7O/c16-7-13(23)19-10-3-1-9(2-4-10)15-21-20-12-8-18-14-11(22(12)15)5-6-17-14/h5-6,8-10,17H,1-4,7,16H2,(H,19,23). The molecule has 1 aliphatic rings. The lowest BCUT2D eigenvalue weighted by Gasteiger charge is -2.28. The number of aromatic amines is 1. The van der Waals surface area contributed by atoms with Crippen molar-refractivity contribution in [2.75, 3.05) is 6.54 Å². The number of amides is 1. The Morgan fingerprint density at radius 3 is 2.96 bits per heavy atom. The fraction of sp³-hybridized carbons (Fsp3) is 0.467. The molecule has 0 aliphatic heterocycles. The number of H-pyrrole nitrogens is 1. The molecule has 3 aromatic rings. The molecule has 0 unspecified atom stereocenters. The molecule has 1 fully saturated rings. The number of nitrogens with zero attached hydrogens (tertiary/aromatic N) is 4. The molecule has 0 spiro atoms. The van der Waals surface area contributed by atoms with E-state index in [9.17, 15) is 4.79 Å². The molecule has 0 radical (unpaired) electrons. The largest absolute Gasteiger partial charge is 0.352 e. The van der Waals surface area contributed by atoms with E-state index in [2.05, 4.69) is 29.9 Å². The van der Waals surface area contributed by atoms with Gasteiger partial charge in [0.05, 0.1) is 18.3 Å². The number of hydrogen-bond donors (Lipinski definition) is 3. The summed E-state index contributed by atoms with van der Waals surface area (Å²) in [5.74, 6) is 1.24. The highest BCUT2D eigenvalue weighted by Gasteiger charge is 2.27. The molecule has 3 heterocycles. The zero-order valence-corrected chi connectivity index (χ0v) is 12.7. The molecule has 8 nitrogen and oxygen atoms in total. The van der Waals surface area contributed by atoms with Crippen molar-refractivity contribution in [2.24, 2.45) is 5.73 Å². The van der Waals surface area contributed by atoms with Crippen molar-refractivity contribution < 1.29 is 4.79 Å². The van der Waals surface area contributed by atoms with E-state index in [0.29, 0.717) is 5.92 Å². The first-order chi connectivity index (χ1) is 11.3. The SMILES string of the molecule is NCC(=O)NC1CCC(c2nnc3cnc4[nH]ccc4n23)CC1. The molecule has 1 aliphatic carbocycles. The van der Waals surface area contributed by atoms with E-state index in [1.54, 1.807) is 6.20 Å². The average Bonchev–Trinajstić information content (AvgIpc) is 3.21. The van der Waals surface area contributed by atoms with Gasteiger partial charge in [-0.3, -0.25) is 9.20 Å². The fourth-order valence-electron chi connectivity index (χ4n) is 3.44. The second kappa shape index (κ2) is 5.62. The van der Waals surface area contributed by atoms with Crippen molar-refractivity contribution in [2.45, 2.75) is 37.6 Å². The molecule has 0 aromatic carbocycles. The van der Waals surface area contributed by atoms with E-state index < -0.39 is 0 Å². The minimum atomic E-state index is -0.0820. The molecule has 4 N–H and O–H groups in total. The second-order valence-corrected chi connectivity index (χ2v) is 6.04. The van der Waals surface area contributed by atoms with Gasteiger partial charge in [-0.05, 0) is 31.7 Å². The van der Waals surface area contributed by atoms with Gasteiger partial charge in [0, 0.05) is 18.2 Å². The van der Waals surface area contributed by atoms with Crippen LogP contribution in [0, 0.1) is 0 Å². The van der Waals surface area contributed by atoms with Gasteiger partial charge in [-0.15, -0.1) is 10.2 Å². The number of fused-ring (bicyclic) bond motifs is 3. The van der Waals surface area contributed by atoms with Gasteiger partial charge in [-0.25, -0.2) is 4.98 Å². The Bertz CT molecular complexity index is 844. The Labute approximate surface area is 132 Å². The van der Waals surface area contributed by atoms with Crippen molar-refractivity contribution in [3.63, 3.8) is 0 Å². The molecule has 0 bridgehead atoms. The summed E-state index contributed by atoms with van der Waals surface area (Å²) in [6.45, 7) is 0.0488. The molecule has 120 valence electrons. The molecule has 3 aromatic heterocycles. The Morgan fingerprint density at radius 1 is 1.35 bits per heavy atom. The van der Waals surface area contributed by atoms with Crippen molar-refractivity contribution in [1.82, 2.24) is 29.9 Å². The predicted molar refractivity (Wildman–Crippen MR) is 84.8 cm³/mol. The van der Waals surface area contributed by atoms with Gasteiger partial charge < -0.3 is 16.0 Å². The zero-order valence-electron chi connectivity index (χ0n) is 12.7. The maximum Gasteiger partial charge on any atom is 0.233 e. The molecule has 8 heteroatoms. The van der Waals surface area contributed by atoms with Gasteiger partial charge in [0.25, 0.3) is 0 Å². The van der Waals surface area contributed by atoms with Crippen LogP contribution < -0.4 is 11.1 Å². The van der Waals surface area contributed by atoms with E-state index >= 15 is 0 Å². The number of carbonyl (C=O) groups is 1. The number of rotatable bonds is 3. The number of nitrogens with two attached hydrogens (primary N) is 1. The van der Waals surface area contributed by atoms with Gasteiger partial charge >= 0.3 is 0 Å². The molecule has 4 rings (SSSR count). The fourth-order valence-corrected chi connectivity index (χ4v) is 3.44. The predicted octanol–water partition coefficient (Wildman–Crippen LogP) is 0.707. The van der Waals surface area contributed by atoms with E-state index in [0.717, 1.165) is 48.3 Å². The third-order valence-corrected chi connectivity index (χ3v) is 4.61. The van der Waals surface area contributed by atoms with Crippen LogP contribution in [0.25, 0.3) is 16.8 Å². The summed E-state index contributed by atoms with van der Waals surface area (Å²) in [5, 5.41) is 11.6. The summed E-state index contributed by atoms with van der Waals surface area (Å²) < 4.78 is 2.09. The minimum absolute atomic E-state index is 0.0488. The summed E-state index contributed by atoms with van der Waals surface area (Å²) in [6.07, 6.45) is 7.44. The molecule has 0 saturated heterocycles. The maximum absolute atomic E-state index is 11.4. The van der Waals surface area contributed by atoms with Gasteiger partial charge in [0.15, 0.2) is 11.3 Å². The first-order valence-electron chi connectivity index (χ1n) is 7.93. The second-order valence-electron chi connectivity index (χ2n) is 6.04. The van der Waals surface area contributed by atoms with Gasteiger partial charge in [-0.1, -0.05) is 0 Å². The number of aromatic nitrogens is 5. The lowest BCUT2D eigenvalue weighted by atomic mass is 9.85. The summed E-state index contributed by atoms with van der Waals surface area (Å²) in [4.78, 5) is 18.9. The van der Waals surface area contributed by atoms with Crippen LogP contribution in [0.5, 0.6) is 0 Å². The highest BCUT2D eigenvalue weighted by Crippen LogP contribution is 2.33. The first kappa shape index (κ1) is 14.1. The molecular weight excluding hydrogens is 294 g/mol. The van der Waals surface area contributed by atoms with Crippen molar-refractivity contribution >= 4 is 22.7 Å². The normalized spacial score (nSPS) is 21.8. The lowest BCUT2D eigenvalue weighted by Crippen LogP contribution is -2.40. The van der Waals surface area contributed by atoms with Crippen molar-refractivity contribution in [1.29, 1.82) is 0 Å². The van der Waals surface area contributed by atoms with E-state index in [1.807, 2.05) is 12.3 Å². The zero-order chi connectivity index (χ0) is 15.8. The Kier molecular flexibility index (Phi) is 3.45. The van der Waals surface area contributed by atoms with Crippen molar-refractivity contribution in [3.8, 4) is 0 Å². The van der Waals surface area contributed by atoms with E-state index in [4.69, 9.17) is 5.73 Å². The third kappa shape index (κ3) is 2.44. The molecule has 1 amide bonds. The van der Waals surface area contributed by atoms with Crippen LogP contribution in [0.4, 0.5) is 0 Å². The van der Waals surface area contributed by atoms with Crippen LogP contribution in [-0.4, -0.2) is 43.1 Å². The summed E-state index contributed by atoms with van der Waals surface area (Å²) in [6, 6.07) is 2.21. The highest BCUT2D eigenvalue weighted by atomic mass is 16.1. The van der Waals surface area contributed by atoms with Crippen LogP contribution >= 0.6 is 0 Å². The van der Waals surface area contributed by atoms with Crippen LogP contribution in [-0.2, 0) is 4.79 Å². The summed E-state index contributed by atoms with van der Waals surface area (Å²) in [7, 11) is 0. The Balaban J connectivity index is 1.59. The molecule has 1 saturated carbocycles. The topological polar surface area (TPSA) is 114 Å². The molecule has 0 atom stereocenters. The highest BCUT2D eigenvalue weighted by molar-refractivity contribution is 5.78. The smallest absolute Gasteiger partial charge is 0.233 e. The Hall–Kier alpha value is -2.48. The van der Waals surface area contributed by atoms with Crippen LogP contribution in [0.2, 0.25) is 0 Å². The van der Waals surface area contributed by atoms with Crippen LogP contribution in [0.3, 0.4) is 0 Å². The molecular formula is C15H19N7O. The van der Waals surface area contributed by atoms with E-state index in [-0.39, 0.29) is 18.5 Å². The monoisotopic (exact) mass is 313 g/mol. The third-order valence-electron chi connectivity index (χ3n) is 4.61. The minimum Gasteiger partial charge on any atom is -0.352 e.